The fourth-order valence-electron chi connectivity index (χ4n) is 1.19. The lowest BCUT2D eigenvalue weighted by Gasteiger charge is -2.36. The average Bonchev–Trinajstić information content (AvgIpc) is 2.25. The molecule has 4 nitrogen and oxygen atoms in total. The number of hydrogen-bond donors (Lipinski definition) is 0. The molecule has 0 unspecified atom stereocenters. The molecular weight excluding hydrogens is 246 g/mol. The second-order valence-electron chi connectivity index (χ2n) is 5.97. The molecule has 0 fully saturated rings. The number of nitro groups is 1. The van der Waals surface area contributed by atoms with Crippen molar-refractivity contribution in [3.05, 3.63) is 39.9 Å². The summed E-state index contributed by atoms with van der Waals surface area (Å²) in [6, 6.07) is 6.55. The Morgan fingerprint density at radius 3 is 2.11 bits per heavy atom. The van der Waals surface area contributed by atoms with Gasteiger partial charge in [0.15, 0.2) is 8.32 Å². The second kappa shape index (κ2) is 5.20. The van der Waals surface area contributed by atoms with E-state index < -0.39 is 13.2 Å². The molecule has 0 N–H and O–H groups in total. The van der Waals surface area contributed by atoms with E-state index in [2.05, 4.69) is 33.9 Å². The summed E-state index contributed by atoms with van der Waals surface area (Å²) in [5, 5.41) is 10.7. The van der Waals surface area contributed by atoms with E-state index in [1.807, 2.05) is 0 Å². The highest BCUT2D eigenvalue weighted by molar-refractivity contribution is 6.74. The molecule has 5 heteroatoms. The molecular formula is C13H21NO3Si. The largest absolute Gasteiger partial charge is 0.413 e. The minimum absolute atomic E-state index is 0.117. The van der Waals surface area contributed by atoms with E-state index in [0.29, 0.717) is 6.61 Å². The van der Waals surface area contributed by atoms with Gasteiger partial charge in [0, 0.05) is 12.1 Å². The Balaban J connectivity index is 2.67. The number of nitrogens with zero attached hydrogens (tertiary/aromatic N) is 1. The Morgan fingerprint density at radius 1 is 1.22 bits per heavy atom. The van der Waals surface area contributed by atoms with Crippen molar-refractivity contribution in [2.24, 2.45) is 0 Å². The molecule has 0 aromatic heterocycles. The molecule has 1 aromatic carbocycles. The molecule has 0 amide bonds. The number of non-ortho nitro benzene ring substituents is 1. The normalized spacial score (nSPS) is 12.5. The van der Waals surface area contributed by atoms with Crippen LogP contribution in [0.4, 0.5) is 5.69 Å². The van der Waals surface area contributed by atoms with E-state index in [4.69, 9.17) is 4.43 Å². The molecule has 0 spiro atoms. The van der Waals surface area contributed by atoms with Crippen molar-refractivity contribution in [1.82, 2.24) is 0 Å². The van der Waals surface area contributed by atoms with Crippen molar-refractivity contribution < 1.29 is 9.35 Å². The molecule has 0 saturated carbocycles. The number of rotatable bonds is 4. The summed E-state index contributed by atoms with van der Waals surface area (Å²) in [5.74, 6) is 0. The SMILES string of the molecule is CC(C)(C)[Si](C)(C)OCc1ccc([N+](=O)[O-])cc1. The van der Waals surface area contributed by atoms with Gasteiger partial charge in [-0.1, -0.05) is 20.8 Å². The maximum absolute atomic E-state index is 10.5. The summed E-state index contributed by atoms with van der Waals surface area (Å²) >= 11 is 0. The smallest absolute Gasteiger partial charge is 0.269 e. The third kappa shape index (κ3) is 3.65. The molecule has 0 aliphatic heterocycles. The van der Waals surface area contributed by atoms with Gasteiger partial charge < -0.3 is 4.43 Å². The van der Waals surface area contributed by atoms with Gasteiger partial charge in [0.05, 0.1) is 11.5 Å². The van der Waals surface area contributed by atoms with Crippen LogP contribution < -0.4 is 0 Å². The standard InChI is InChI=1S/C13H21NO3Si/c1-13(2,3)18(4,5)17-10-11-6-8-12(9-7-11)14(15)16/h6-9H,10H2,1-5H3. The highest BCUT2D eigenvalue weighted by Gasteiger charge is 2.36. The van der Waals surface area contributed by atoms with Crippen LogP contribution in [0.25, 0.3) is 0 Å². The van der Waals surface area contributed by atoms with Crippen molar-refractivity contribution in [3.8, 4) is 0 Å². The highest BCUT2D eigenvalue weighted by atomic mass is 28.4. The third-order valence-electron chi connectivity index (χ3n) is 3.55. The quantitative estimate of drug-likeness (QED) is 0.468. The van der Waals surface area contributed by atoms with E-state index in [1.165, 1.54) is 12.1 Å². The molecule has 0 heterocycles. The molecule has 0 atom stereocenters. The van der Waals surface area contributed by atoms with Crippen molar-refractivity contribution in [2.75, 3.05) is 0 Å². The van der Waals surface area contributed by atoms with Crippen LogP contribution in [0.2, 0.25) is 18.1 Å². The van der Waals surface area contributed by atoms with Gasteiger partial charge in [0.1, 0.15) is 0 Å². The summed E-state index contributed by atoms with van der Waals surface area (Å²) in [6.45, 7) is 11.5. The van der Waals surface area contributed by atoms with E-state index >= 15 is 0 Å². The predicted molar refractivity (Wildman–Crippen MR) is 75.1 cm³/mol. The van der Waals surface area contributed by atoms with Gasteiger partial charge in [0.25, 0.3) is 5.69 Å². The minimum Gasteiger partial charge on any atom is -0.413 e. The minimum atomic E-state index is -1.76. The Labute approximate surface area is 109 Å². The monoisotopic (exact) mass is 267 g/mol. The van der Waals surface area contributed by atoms with Gasteiger partial charge in [-0.2, -0.15) is 0 Å². The molecule has 1 aromatic rings. The Kier molecular flexibility index (Phi) is 4.29. The Bertz CT molecular complexity index is 421. The van der Waals surface area contributed by atoms with Crippen LogP contribution >= 0.6 is 0 Å². The Hall–Kier alpha value is -1.20. The summed E-state index contributed by atoms with van der Waals surface area (Å²) in [6.07, 6.45) is 0. The fraction of sp³-hybridized carbons (Fsp3) is 0.538. The first-order valence-corrected chi connectivity index (χ1v) is 8.91. The second-order valence-corrected chi connectivity index (χ2v) is 10.8. The summed E-state index contributed by atoms with van der Waals surface area (Å²) in [4.78, 5) is 10.2. The molecule has 0 radical (unpaired) electrons. The highest BCUT2D eigenvalue weighted by Crippen LogP contribution is 2.37. The average molecular weight is 267 g/mol. The van der Waals surface area contributed by atoms with Gasteiger partial charge >= 0.3 is 0 Å². The van der Waals surface area contributed by atoms with E-state index in [1.54, 1.807) is 12.1 Å². The lowest BCUT2D eigenvalue weighted by atomic mass is 10.2. The van der Waals surface area contributed by atoms with Crippen molar-refractivity contribution in [1.29, 1.82) is 0 Å². The van der Waals surface area contributed by atoms with Crippen molar-refractivity contribution in [2.45, 2.75) is 45.5 Å². The molecule has 0 aliphatic rings. The van der Waals surface area contributed by atoms with Crippen LogP contribution in [-0.4, -0.2) is 13.2 Å². The number of hydrogen-bond acceptors (Lipinski definition) is 3. The van der Waals surface area contributed by atoms with Crippen LogP contribution in [0.1, 0.15) is 26.3 Å². The van der Waals surface area contributed by atoms with Gasteiger partial charge in [0.2, 0.25) is 0 Å². The zero-order valence-corrected chi connectivity index (χ0v) is 12.7. The summed E-state index contributed by atoms with van der Waals surface area (Å²) < 4.78 is 6.05. The van der Waals surface area contributed by atoms with E-state index in [9.17, 15) is 10.1 Å². The van der Waals surface area contributed by atoms with Gasteiger partial charge in [-0.3, -0.25) is 10.1 Å². The fourth-order valence-corrected chi connectivity index (χ4v) is 2.15. The molecule has 100 valence electrons. The predicted octanol–water partition coefficient (Wildman–Crippen LogP) is 4.12. The topological polar surface area (TPSA) is 52.4 Å². The lowest BCUT2D eigenvalue weighted by Crippen LogP contribution is -2.40. The van der Waals surface area contributed by atoms with Gasteiger partial charge in [-0.15, -0.1) is 0 Å². The zero-order valence-electron chi connectivity index (χ0n) is 11.7. The molecule has 0 bridgehead atoms. The number of nitro benzene ring substituents is 1. The maximum atomic E-state index is 10.5. The zero-order chi connectivity index (χ0) is 14.0. The molecule has 1 rings (SSSR count). The van der Waals surface area contributed by atoms with Crippen LogP contribution in [0, 0.1) is 10.1 Å². The van der Waals surface area contributed by atoms with E-state index in [-0.39, 0.29) is 10.7 Å². The third-order valence-corrected chi connectivity index (χ3v) is 8.03. The summed E-state index contributed by atoms with van der Waals surface area (Å²) in [7, 11) is -1.76. The van der Waals surface area contributed by atoms with Crippen LogP contribution in [0.3, 0.4) is 0 Å². The van der Waals surface area contributed by atoms with Crippen LogP contribution in [-0.2, 0) is 11.0 Å². The Morgan fingerprint density at radius 2 is 1.72 bits per heavy atom. The molecule has 18 heavy (non-hydrogen) atoms. The van der Waals surface area contributed by atoms with Crippen LogP contribution in [0.15, 0.2) is 24.3 Å². The lowest BCUT2D eigenvalue weighted by molar-refractivity contribution is -0.384. The van der Waals surface area contributed by atoms with Crippen molar-refractivity contribution in [3.63, 3.8) is 0 Å². The van der Waals surface area contributed by atoms with E-state index in [0.717, 1.165) is 5.56 Å². The first kappa shape index (κ1) is 14.9. The molecule has 0 aliphatic carbocycles. The van der Waals surface area contributed by atoms with Crippen molar-refractivity contribution >= 4 is 14.0 Å². The van der Waals surface area contributed by atoms with Gasteiger partial charge in [-0.05, 0) is 35.8 Å². The summed E-state index contributed by atoms with van der Waals surface area (Å²) in [5.41, 5.74) is 1.09. The number of benzene rings is 1. The first-order chi connectivity index (χ1) is 8.13. The maximum Gasteiger partial charge on any atom is 0.269 e. The van der Waals surface area contributed by atoms with Gasteiger partial charge in [-0.25, -0.2) is 0 Å². The van der Waals surface area contributed by atoms with Crippen LogP contribution in [0.5, 0.6) is 0 Å². The molecule has 0 saturated heterocycles. The first-order valence-electron chi connectivity index (χ1n) is 6.01.